The van der Waals surface area contributed by atoms with E-state index in [1.807, 2.05) is 11.5 Å². The van der Waals surface area contributed by atoms with Crippen LogP contribution in [0.5, 0.6) is 5.75 Å². The van der Waals surface area contributed by atoms with Gasteiger partial charge in [-0.1, -0.05) is 0 Å². The second kappa shape index (κ2) is 5.86. The maximum atomic E-state index is 13.6. The van der Waals surface area contributed by atoms with Crippen molar-refractivity contribution in [3.63, 3.8) is 0 Å². The minimum Gasteiger partial charge on any atom is -0.486 e. The molecule has 0 radical (unpaired) electrons. The summed E-state index contributed by atoms with van der Waals surface area (Å²) in [6.45, 7) is -0.0674. The number of carbonyl (C=O) groups excluding carboxylic acids is 1. The summed E-state index contributed by atoms with van der Waals surface area (Å²) in [7, 11) is 0. The number of furan rings is 1. The number of amides is 1. The molecule has 1 amide bonds. The summed E-state index contributed by atoms with van der Waals surface area (Å²) in [6, 6.07) is 7.18. The summed E-state index contributed by atoms with van der Waals surface area (Å²) in [4.78, 5) is 11.4. The van der Waals surface area contributed by atoms with Crippen LogP contribution in [0.3, 0.4) is 0 Å². The topological polar surface area (TPSA) is 101 Å². The molecule has 7 heteroatoms. The van der Waals surface area contributed by atoms with Gasteiger partial charge in [0, 0.05) is 5.56 Å². The molecule has 20 heavy (non-hydrogen) atoms. The summed E-state index contributed by atoms with van der Waals surface area (Å²) >= 11 is 0. The van der Waals surface area contributed by atoms with E-state index in [1.165, 1.54) is 24.5 Å². The Morgan fingerprint density at radius 3 is 2.95 bits per heavy atom. The zero-order chi connectivity index (χ0) is 14.5. The normalized spacial score (nSPS) is 9.85. The van der Waals surface area contributed by atoms with Crippen LogP contribution >= 0.6 is 0 Å². The van der Waals surface area contributed by atoms with Crippen LogP contribution in [-0.2, 0) is 6.61 Å². The van der Waals surface area contributed by atoms with E-state index in [4.69, 9.17) is 20.3 Å². The summed E-state index contributed by atoms with van der Waals surface area (Å²) < 4.78 is 23.8. The fraction of sp³-hybridized carbons (Fsp3) is 0.0769. The lowest BCUT2D eigenvalue weighted by molar-refractivity contribution is 0.0922. The van der Waals surface area contributed by atoms with Crippen molar-refractivity contribution in [3.05, 3.63) is 53.2 Å². The van der Waals surface area contributed by atoms with E-state index in [9.17, 15) is 9.18 Å². The number of hydrazine groups is 1. The van der Waals surface area contributed by atoms with Crippen LogP contribution in [0.4, 0.5) is 4.39 Å². The smallest absolute Gasteiger partial charge is 0.301 e. The highest BCUT2D eigenvalue weighted by Crippen LogP contribution is 2.20. The molecule has 0 aliphatic carbocycles. The van der Waals surface area contributed by atoms with Crippen molar-refractivity contribution in [2.45, 2.75) is 6.61 Å². The number of hydrogen-bond donors (Lipinski definition) is 2. The van der Waals surface area contributed by atoms with Gasteiger partial charge in [-0.15, -0.1) is 0 Å². The molecule has 1 aromatic carbocycles. The molecule has 0 spiro atoms. The van der Waals surface area contributed by atoms with Crippen molar-refractivity contribution < 1.29 is 18.3 Å². The van der Waals surface area contributed by atoms with E-state index in [0.29, 0.717) is 5.56 Å². The molecule has 0 saturated carbocycles. The molecular formula is C13H10FN3O3. The average Bonchev–Trinajstić information content (AvgIpc) is 2.93. The third kappa shape index (κ3) is 2.76. The van der Waals surface area contributed by atoms with Gasteiger partial charge in [0.05, 0.1) is 17.9 Å². The van der Waals surface area contributed by atoms with E-state index < -0.39 is 11.7 Å². The minimum absolute atomic E-state index is 0.00144. The lowest BCUT2D eigenvalue weighted by Gasteiger charge is -2.07. The molecule has 3 N–H and O–H groups in total. The van der Waals surface area contributed by atoms with Gasteiger partial charge >= 0.3 is 5.91 Å². The zero-order valence-electron chi connectivity index (χ0n) is 10.2. The zero-order valence-corrected chi connectivity index (χ0v) is 10.2. The minimum atomic E-state index is -0.655. The maximum absolute atomic E-state index is 13.6. The molecule has 6 nitrogen and oxygen atoms in total. The number of halogens is 1. The Labute approximate surface area is 113 Å². The van der Waals surface area contributed by atoms with Crippen molar-refractivity contribution in [1.29, 1.82) is 5.26 Å². The Balaban J connectivity index is 2.12. The van der Waals surface area contributed by atoms with Gasteiger partial charge < -0.3 is 9.15 Å². The van der Waals surface area contributed by atoms with Gasteiger partial charge in [0.25, 0.3) is 0 Å². The summed E-state index contributed by atoms with van der Waals surface area (Å²) in [5.41, 5.74) is 2.56. The van der Waals surface area contributed by atoms with Crippen molar-refractivity contribution in [2.24, 2.45) is 5.84 Å². The predicted octanol–water partition coefficient (Wildman–Crippen LogP) is 1.47. The molecule has 0 aliphatic rings. The number of nitrogens with zero attached hydrogens (tertiary/aromatic N) is 1. The number of rotatable bonds is 4. The number of nitrogen functional groups attached to an aromatic ring is 1. The first-order valence-corrected chi connectivity index (χ1v) is 5.55. The summed E-state index contributed by atoms with van der Waals surface area (Å²) in [6.07, 6.45) is 1.30. The number of nitrogens with one attached hydrogen (secondary N) is 1. The fourth-order valence-electron chi connectivity index (χ4n) is 1.56. The number of carbonyl (C=O) groups is 1. The number of nitrogens with two attached hydrogens (primary N) is 1. The van der Waals surface area contributed by atoms with Gasteiger partial charge in [-0.2, -0.15) is 5.26 Å². The molecule has 1 heterocycles. The Bertz CT molecular complexity index is 676. The van der Waals surface area contributed by atoms with Gasteiger partial charge in [0.2, 0.25) is 0 Å². The van der Waals surface area contributed by atoms with E-state index >= 15 is 0 Å². The van der Waals surface area contributed by atoms with Crippen molar-refractivity contribution in [3.8, 4) is 11.8 Å². The third-order valence-corrected chi connectivity index (χ3v) is 2.53. The summed E-state index contributed by atoms with van der Waals surface area (Å²) in [5.74, 6) is 3.72. The van der Waals surface area contributed by atoms with Crippen molar-refractivity contribution >= 4 is 5.91 Å². The molecular weight excluding hydrogens is 265 g/mol. The Hall–Kier alpha value is -2.85. The van der Waals surface area contributed by atoms with E-state index in [0.717, 1.165) is 6.07 Å². The lowest BCUT2D eigenvalue weighted by Crippen LogP contribution is -2.30. The van der Waals surface area contributed by atoms with Gasteiger partial charge in [-0.25, -0.2) is 10.2 Å². The molecule has 2 rings (SSSR count). The number of ether oxygens (including phenoxy) is 1. The quantitative estimate of drug-likeness (QED) is 0.500. The maximum Gasteiger partial charge on any atom is 0.301 e. The second-order valence-corrected chi connectivity index (χ2v) is 3.79. The van der Waals surface area contributed by atoms with Crippen molar-refractivity contribution in [2.75, 3.05) is 0 Å². The van der Waals surface area contributed by atoms with E-state index in [1.54, 1.807) is 0 Å². The van der Waals surface area contributed by atoms with Crippen LogP contribution in [0, 0.1) is 17.1 Å². The fourth-order valence-corrected chi connectivity index (χ4v) is 1.56. The molecule has 2 aromatic rings. The Morgan fingerprint density at radius 2 is 2.30 bits per heavy atom. The van der Waals surface area contributed by atoms with Gasteiger partial charge in [-0.3, -0.25) is 10.2 Å². The van der Waals surface area contributed by atoms with Crippen LogP contribution in [-0.4, -0.2) is 5.91 Å². The SMILES string of the molecule is N#Cc1ccc(OCc2ccoc2C(=O)NN)c(F)c1. The first-order valence-electron chi connectivity index (χ1n) is 5.55. The highest BCUT2D eigenvalue weighted by molar-refractivity contribution is 5.92. The van der Waals surface area contributed by atoms with E-state index in [2.05, 4.69) is 0 Å². The molecule has 0 saturated heterocycles. The standard InChI is InChI=1S/C13H10FN3O3/c14-10-5-8(6-15)1-2-11(10)20-7-9-3-4-19-12(9)13(18)17-16/h1-5H,7,16H2,(H,17,18). The van der Waals surface area contributed by atoms with Gasteiger partial charge in [0.1, 0.15) is 6.61 Å². The average molecular weight is 275 g/mol. The molecule has 0 unspecified atom stereocenters. The Morgan fingerprint density at radius 1 is 1.50 bits per heavy atom. The molecule has 0 bridgehead atoms. The predicted molar refractivity (Wildman–Crippen MR) is 65.8 cm³/mol. The lowest BCUT2D eigenvalue weighted by atomic mass is 10.2. The second-order valence-electron chi connectivity index (χ2n) is 3.79. The first-order chi connectivity index (χ1) is 9.65. The first kappa shape index (κ1) is 13.6. The highest BCUT2D eigenvalue weighted by Gasteiger charge is 2.15. The van der Waals surface area contributed by atoms with Crippen LogP contribution in [0.25, 0.3) is 0 Å². The van der Waals surface area contributed by atoms with Crippen LogP contribution in [0.1, 0.15) is 21.7 Å². The van der Waals surface area contributed by atoms with Gasteiger partial charge in [-0.05, 0) is 24.3 Å². The van der Waals surface area contributed by atoms with Crippen LogP contribution in [0.2, 0.25) is 0 Å². The molecule has 102 valence electrons. The van der Waals surface area contributed by atoms with E-state index in [-0.39, 0.29) is 23.7 Å². The monoisotopic (exact) mass is 275 g/mol. The van der Waals surface area contributed by atoms with Crippen LogP contribution in [0.15, 0.2) is 34.9 Å². The van der Waals surface area contributed by atoms with Gasteiger partial charge in [0.15, 0.2) is 17.3 Å². The summed E-state index contributed by atoms with van der Waals surface area (Å²) in [5, 5.41) is 8.63. The largest absolute Gasteiger partial charge is 0.486 e. The Kier molecular flexibility index (Phi) is 3.98. The highest BCUT2D eigenvalue weighted by atomic mass is 19.1. The van der Waals surface area contributed by atoms with Crippen molar-refractivity contribution in [1.82, 2.24) is 5.43 Å². The number of nitriles is 1. The third-order valence-electron chi connectivity index (χ3n) is 2.53. The number of hydrogen-bond acceptors (Lipinski definition) is 5. The molecule has 0 atom stereocenters. The molecule has 1 aromatic heterocycles. The molecule has 0 aliphatic heterocycles. The number of benzene rings is 1. The molecule has 0 fully saturated rings. The van der Waals surface area contributed by atoms with Crippen LogP contribution < -0.4 is 16.0 Å².